The van der Waals surface area contributed by atoms with Gasteiger partial charge < -0.3 is 5.32 Å². The fourth-order valence-corrected chi connectivity index (χ4v) is 3.87. The number of rotatable bonds is 6. The predicted octanol–water partition coefficient (Wildman–Crippen LogP) is 3.19. The molecule has 0 aliphatic heterocycles. The molecule has 1 amide bonds. The van der Waals surface area contributed by atoms with Crippen LogP contribution in [0.3, 0.4) is 0 Å². The molecule has 0 unspecified atom stereocenters. The van der Waals surface area contributed by atoms with Gasteiger partial charge >= 0.3 is 0 Å². The average molecular weight is 404 g/mol. The second-order valence-electron chi connectivity index (χ2n) is 6.80. The summed E-state index contributed by atoms with van der Waals surface area (Å²) in [7, 11) is 0. The summed E-state index contributed by atoms with van der Waals surface area (Å²) in [5, 5.41) is 11.2. The Morgan fingerprint density at radius 3 is 2.76 bits per heavy atom. The van der Waals surface area contributed by atoms with Crippen molar-refractivity contribution in [3.8, 4) is 10.6 Å². The highest BCUT2D eigenvalue weighted by Gasteiger charge is 2.09. The van der Waals surface area contributed by atoms with Crippen LogP contribution in [0.1, 0.15) is 11.3 Å². The van der Waals surface area contributed by atoms with E-state index in [1.165, 1.54) is 10.2 Å². The molecule has 29 heavy (non-hydrogen) atoms. The third kappa shape index (κ3) is 4.41. The van der Waals surface area contributed by atoms with Gasteiger partial charge in [-0.05, 0) is 13.0 Å². The van der Waals surface area contributed by atoms with Gasteiger partial charge in [0.25, 0.3) is 5.56 Å². The average Bonchev–Trinajstić information content (AvgIpc) is 3.20. The van der Waals surface area contributed by atoms with Gasteiger partial charge in [-0.1, -0.05) is 48.0 Å². The smallest absolute Gasteiger partial charge is 0.275 e. The van der Waals surface area contributed by atoms with Crippen molar-refractivity contribution >= 4 is 28.0 Å². The number of thiazole rings is 1. The number of aromatic nitrogens is 3. The Morgan fingerprint density at radius 1 is 1.14 bits per heavy atom. The van der Waals surface area contributed by atoms with Crippen LogP contribution in [0, 0.1) is 6.92 Å². The number of amides is 1. The van der Waals surface area contributed by atoms with Crippen LogP contribution in [0.4, 0.5) is 0 Å². The van der Waals surface area contributed by atoms with E-state index in [0.29, 0.717) is 18.4 Å². The van der Waals surface area contributed by atoms with Crippen LogP contribution in [-0.2, 0) is 17.8 Å². The first kappa shape index (κ1) is 19.0. The minimum Gasteiger partial charge on any atom is -0.354 e. The molecular formula is C22H20N4O2S. The highest BCUT2D eigenvalue weighted by molar-refractivity contribution is 7.13. The highest BCUT2D eigenvalue weighted by Crippen LogP contribution is 2.24. The molecular weight excluding hydrogens is 384 g/mol. The van der Waals surface area contributed by atoms with E-state index < -0.39 is 0 Å². The molecule has 4 aromatic rings. The highest BCUT2D eigenvalue weighted by atomic mass is 32.1. The van der Waals surface area contributed by atoms with Gasteiger partial charge in [0.2, 0.25) is 5.91 Å². The summed E-state index contributed by atoms with van der Waals surface area (Å²) in [5.41, 5.74) is 2.98. The number of aryl methyl sites for hydroxylation is 1. The first-order valence-corrected chi connectivity index (χ1v) is 10.2. The molecule has 0 radical (unpaired) electrons. The van der Waals surface area contributed by atoms with Crippen molar-refractivity contribution in [2.24, 2.45) is 0 Å². The minimum absolute atomic E-state index is 0.102. The van der Waals surface area contributed by atoms with Crippen LogP contribution < -0.4 is 10.9 Å². The lowest BCUT2D eigenvalue weighted by Crippen LogP contribution is -2.34. The largest absolute Gasteiger partial charge is 0.354 e. The lowest BCUT2D eigenvalue weighted by Gasteiger charge is -2.07. The Labute approximate surface area is 171 Å². The van der Waals surface area contributed by atoms with Gasteiger partial charge in [0.05, 0.1) is 17.3 Å². The van der Waals surface area contributed by atoms with E-state index >= 15 is 0 Å². The number of fused-ring (bicyclic) bond motifs is 1. The summed E-state index contributed by atoms with van der Waals surface area (Å²) in [6.07, 6.45) is 2.24. The summed E-state index contributed by atoms with van der Waals surface area (Å²) >= 11 is 1.59. The normalized spacial score (nSPS) is 10.9. The molecule has 0 aliphatic rings. The standard InChI is InChI=1S/C22H20N4O2S/c1-15-6-8-16(9-7-15)21-25-18(14-29-21)10-11-23-20(27)13-26-22(28)19-5-3-2-4-17(19)12-24-26/h2-9,12,14H,10-11,13H2,1H3,(H,23,27). The van der Waals surface area contributed by atoms with Gasteiger partial charge in [0, 0.05) is 29.3 Å². The molecule has 146 valence electrons. The number of hydrogen-bond acceptors (Lipinski definition) is 5. The maximum absolute atomic E-state index is 12.4. The third-order valence-corrected chi connectivity index (χ3v) is 5.55. The predicted molar refractivity (Wildman–Crippen MR) is 115 cm³/mol. The van der Waals surface area contributed by atoms with Crippen molar-refractivity contribution in [3.63, 3.8) is 0 Å². The second kappa shape index (κ2) is 8.36. The molecule has 6 nitrogen and oxygen atoms in total. The Morgan fingerprint density at radius 2 is 1.93 bits per heavy atom. The van der Waals surface area contributed by atoms with Crippen molar-refractivity contribution < 1.29 is 4.79 Å². The quantitative estimate of drug-likeness (QED) is 0.535. The molecule has 0 bridgehead atoms. The van der Waals surface area contributed by atoms with Gasteiger partial charge in [0.1, 0.15) is 11.6 Å². The van der Waals surface area contributed by atoms with E-state index in [4.69, 9.17) is 0 Å². The maximum Gasteiger partial charge on any atom is 0.275 e. The van der Waals surface area contributed by atoms with E-state index in [-0.39, 0.29) is 18.0 Å². The number of benzene rings is 2. The van der Waals surface area contributed by atoms with Crippen LogP contribution in [-0.4, -0.2) is 27.2 Å². The van der Waals surface area contributed by atoms with Crippen molar-refractivity contribution in [1.29, 1.82) is 0 Å². The van der Waals surface area contributed by atoms with E-state index in [1.54, 1.807) is 29.7 Å². The molecule has 0 saturated carbocycles. The van der Waals surface area contributed by atoms with Gasteiger partial charge in [0.15, 0.2) is 0 Å². The van der Waals surface area contributed by atoms with E-state index in [1.807, 2.05) is 17.5 Å². The lowest BCUT2D eigenvalue weighted by atomic mass is 10.2. The Balaban J connectivity index is 1.33. The summed E-state index contributed by atoms with van der Waals surface area (Å²) in [5.74, 6) is -0.246. The third-order valence-electron chi connectivity index (χ3n) is 4.61. The molecule has 7 heteroatoms. The molecule has 4 rings (SSSR count). The van der Waals surface area contributed by atoms with Crippen molar-refractivity contribution in [2.75, 3.05) is 6.54 Å². The van der Waals surface area contributed by atoms with Crippen molar-refractivity contribution in [3.05, 3.63) is 81.7 Å². The maximum atomic E-state index is 12.4. The lowest BCUT2D eigenvalue weighted by molar-refractivity contribution is -0.121. The van der Waals surface area contributed by atoms with Gasteiger partial charge in [-0.15, -0.1) is 11.3 Å². The van der Waals surface area contributed by atoms with Crippen LogP contribution in [0.25, 0.3) is 21.3 Å². The summed E-state index contributed by atoms with van der Waals surface area (Å²) in [6.45, 7) is 2.41. The summed E-state index contributed by atoms with van der Waals surface area (Å²) in [4.78, 5) is 29.3. The van der Waals surface area contributed by atoms with Crippen LogP contribution in [0.5, 0.6) is 0 Å². The number of nitrogens with zero attached hydrogens (tertiary/aromatic N) is 3. The first-order chi connectivity index (χ1) is 14.1. The van der Waals surface area contributed by atoms with E-state index in [9.17, 15) is 9.59 Å². The topological polar surface area (TPSA) is 76.9 Å². The number of carbonyl (C=O) groups is 1. The van der Waals surface area contributed by atoms with Crippen molar-refractivity contribution in [2.45, 2.75) is 19.9 Å². The Bertz CT molecular complexity index is 1210. The van der Waals surface area contributed by atoms with E-state index in [2.05, 4.69) is 46.6 Å². The SMILES string of the molecule is Cc1ccc(-c2nc(CCNC(=O)Cn3ncc4ccccc4c3=O)cs2)cc1. The van der Waals surface area contributed by atoms with Crippen LogP contribution >= 0.6 is 11.3 Å². The number of hydrogen-bond donors (Lipinski definition) is 1. The molecule has 0 saturated heterocycles. The van der Waals surface area contributed by atoms with Crippen LogP contribution in [0.2, 0.25) is 0 Å². The van der Waals surface area contributed by atoms with Crippen molar-refractivity contribution in [1.82, 2.24) is 20.1 Å². The molecule has 1 N–H and O–H groups in total. The van der Waals surface area contributed by atoms with E-state index in [0.717, 1.165) is 21.7 Å². The zero-order chi connectivity index (χ0) is 20.2. The van der Waals surface area contributed by atoms with Crippen LogP contribution in [0.15, 0.2) is 64.9 Å². The molecule has 0 fully saturated rings. The zero-order valence-electron chi connectivity index (χ0n) is 16.0. The molecule has 0 spiro atoms. The second-order valence-corrected chi connectivity index (χ2v) is 7.66. The molecule has 0 atom stereocenters. The first-order valence-electron chi connectivity index (χ1n) is 9.33. The fraction of sp³-hybridized carbons (Fsp3) is 0.182. The zero-order valence-corrected chi connectivity index (χ0v) is 16.8. The molecule has 2 heterocycles. The number of nitrogens with one attached hydrogen (secondary N) is 1. The fourth-order valence-electron chi connectivity index (χ4n) is 3.01. The Kier molecular flexibility index (Phi) is 5.48. The molecule has 2 aromatic heterocycles. The van der Waals surface area contributed by atoms with Gasteiger partial charge in [-0.2, -0.15) is 5.10 Å². The molecule has 2 aromatic carbocycles. The molecule has 0 aliphatic carbocycles. The van der Waals surface area contributed by atoms with Gasteiger partial charge in [-0.25, -0.2) is 9.67 Å². The Hall–Kier alpha value is -3.32. The summed E-state index contributed by atoms with van der Waals surface area (Å²) < 4.78 is 1.19. The summed E-state index contributed by atoms with van der Waals surface area (Å²) in [6, 6.07) is 15.5. The van der Waals surface area contributed by atoms with Gasteiger partial charge in [-0.3, -0.25) is 9.59 Å². The minimum atomic E-state index is -0.263. The number of carbonyl (C=O) groups excluding carboxylic acids is 1. The monoisotopic (exact) mass is 404 g/mol.